The van der Waals surface area contributed by atoms with Crippen molar-refractivity contribution in [2.45, 2.75) is 32.7 Å². The molecule has 0 aromatic rings. The fourth-order valence-electron chi connectivity index (χ4n) is 1.13. The first-order valence-electron chi connectivity index (χ1n) is 4.20. The summed E-state index contributed by atoms with van der Waals surface area (Å²) < 4.78 is 0. The summed E-state index contributed by atoms with van der Waals surface area (Å²) in [7, 11) is 0. The normalized spacial score (nSPS) is 22.3. The van der Waals surface area contributed by atoms with Crippen LogP contribution in [0.1, 0.15) is 26.7 Å². The maximum Gasteiger partial charge on any atom is 0.122 e. The maximum atomic E-state index is 5.92. The van der Waals surface area contributed by atoms with Crippen molar-refractivity contribution >= 4 is 5.71 Å². The van der Waals surface area contributed by atoms with Gasteiger partial charge in [0.15, 0.2) is 0 Å². The van der Waals surface area contributed by atoms with Crippen molar-refractivity contribution in [2.24, 2.45) is 16.8 Å². The number of hydrogen-bond acceptors (Lipinski definition) is 3. The summed E-state index contributed by atoms with van der Waals surface area (Å²) in [5.74, 6) is 0.510. The predicted octanol–water partition coefficient (Wildman–Crippen LogP) is 1.14. The summed E-state index contributed by atoms with van der Waals surface area (Å²) in [5, 5.41) is 3.90. The van der Waals surface area contributed by atoms with Gasteiger partial charge in [0.1, 0.15) is 6.61 Å². The van der Waals surface area contributed by atoms with E-state index < -0.39 is 0 Å². The lowest BCUT2D eigenvalue weighted by atomic mass is 9.95. The molecule has 0 spiro atoms. The first-order valence-corrected chi connectivity index (χ1v) is 4.20. The molecule has 0 bridgehead atoms. The van der Waals surface area contributed by atoms with Crippen LogP contribution in [-0.4, -0.2) is 18.4 Å². The van der Waals surface area contributed by atoms with E-state index in [2.05, 4.69) is 19.0 Å². The molecule has 0 fully saturated rings. The lowest BCUT2D eigenvalue weighted by Gasteiger charge is -2.16. The Labute approximate surface area is 67.6 Å². The first kappa shape index (κ1) is 8.53. The minimum Gasteiger partial charge on any atom is -0.395 e. The van der Waals surface area contributed by atoms with E-state index in [1.165, 1.54) is 0 Å². The van der Waals surface area contributed by atoms with Crippen LogP contribution in [0.2, 0.25) is 0 Å². The van der Waals surface area contributed by atoms with Crippen LogP contribution in [-0.2, 0) is 4.84 Å². The minimum absolute atomic E-state index is 0.0995. The number of hydrogen-bond donors (Lipinski definition) is 1. The van der Waals surface area contributed by atoms with Gasteiger partial charge >= 0.3 is 0 Å². The second kappa shape index (κ2) is 3.72. The lowest BCUT2D eigenvalue weighted by molar-refractivity contribution is 0.173. The molecule has 0 saturated heterocycles. The van der Waals surface area contributed by atoms with Crippen molar-refractivity contribution in [1.82, 2.24) is 0 Å². The van der Waals surface area contributed by atoms with Gasteiger partial charge in [0.25, 0.3) is 0 Å². The van der Waals surface area contributed by atoms with Crippen LogP contribution in [0.3, 0.4) is 0 Å². The Hall–Kier alpha value is -0.570. The lowest BCUT2D eigenvalue weighted by Crippen LogP contribution is -2.35. The molecule has 0 amide bonds. The highest BCUT2D eigenvalue weighted by Gasteiger charge is 2.20. The van der Waals surface area contributed by atoms with Gasteiger partial charge in [0.05, 0.1) is 5.71 Å². The second-order valence-electron chi connectivity index (χ2n) is 3.08. The van der Waals surface area contributed by atoms with Crippen LogP contribution in [0.25, 0.3) is 0 Å². The van der Waals surface area contributed by atoms with Crippen molar-refractivity contribution in [1.29, 1.82) is 0 Å². The van der Waals surface area contributed by atoms with Crippen molar-refractivity contribution in [3.8, 4) is 0 Å². The predicted molar refractivity (Wildman–Crippen MR) is 45.4 cm³/mol. The molecule has 0 saturated carbocycles. The monoisotopic (exact) mass is 156 g/mol. The maximum absolute atomic E-state index is 5.92. The molecule has 2 N–H and O–H groups in total. The summed E-state index contributed by atoms with van der Waals surface area (Å²) >= 11 is 0. The fourth-order valence-corrected chi connectivity index (χ4v) is 1.13. The molecule has 1 aliphatic rings. The Morgan fingerprint density at radius 2 is 2.45 bits per heavy atom. The molecule has 2 unspecified atom stereocenters. The molecule has 0 aromatic heterocycles. The highest BCUT2D eigenvalue weighted by Crippen LogP contribution is 2.12. The molecule has 3 nitrogen and oxygen atoms in total. The van der Waals surface area contributed by atoms with Crippen molar-refractivity contribution in [3.63, 3.8) is 0 Å². The number of nitrogens with zero attached hydrogens (tertiary/aromatic N) is 1. The van der Waals surface area contributed by atoms with E-state index in [1.54, 1.807) is 0 Å². The zero-order valence-corrected chi connectivity index (χ0v) is 7.21. The summed E-state index contributed by atoms with van der Waals surface area (Å²) in [6, 6.07) is 0.0995. The third kappa shape index (κ3) is 1.93. The summed E-state index contributed by atoms with van der Waals surface area (Å²) in [6.07, 6.45) is 2.01. The Balaban J connectivity index is 2.45. The van der Waals surface area contributed by atoms with Gasteiger partial charge in [-0.05, 0) is 5.92 Å². The summed E-state index contributed by atoms with van der Waals surface area (Å²) in [5.41, 5.74) is 6.95. The molecule has 11 heavy (non-hydrogen) atoms. The van der Waals surface area contributed by atoms with E-state index >= 15 is 0 Å². The molecule has 1 heterocycles. The number of nitrogens with two attached hydrogens (primary N) is 1. The van der Waals surface area contributed by atoms with Gasteiger partial charge in [0, 0.05) is 12.5 Å². The van der Waals surface area contributed by atoms with Crippen LogP contribution in [0.15, 0.2) is 5.16 Å². The molecule has 1 aliphatic heterocycles. The average molecular weight is 156 g/mol. The van der Waals surface area contributed by atoms with Gasteiger partial charge in [-0.1, -0.05) is 25.4 Å². The first-order chi connectivity index (χ1) is 5.25. The summed E-state index contributed by atoms with van der Waals surface area (Å²) in [6.45, 7) is 4.99. The van der Waals surface area contributed by atoms with E-state index in [-0.39, 0.29) is 6.04 Å². The molecule has 64 valence electrons. The van der Waals surface area contributed by atoms with Gasteiger partial charge in [-0.3, -0.25) is 0 Å². The van der Waals surface area contributed by atoms with E-state index in [9.17, 15) is 0 Å². The van der Waals surface area contributed by atoms with Crippen molar-refractivity contribution in [2.75, 3.05) is 6.61 Å². The van der Waals surface area contributed by atoms with E-state index in [1.807, 2.05) is 0 Å². The quantitative estimate of drug-likeness (QED) is 0.666. The van der Waals surface area contributed by atoms with Gasteiger partial charge in [-0.2, -0.15) is 0 Å². The molecular weight excluding hydrogens is 140 g/mol. The highest BCUT2D eigenvalue weighted by molar-refractivity contribution is 5.90. The third-order valence-electron chi connectivity index (χ3n) is 2.27. The average Bonchev–Trinajstić information content (AvgIpc) is 2.53. The fraction of sp³-hybridized carbons (Fsp3) is 0.875. The van der Waals surface area contributed by atoms with Gasteiger partial charge < -0.3 is 10.6 Å². The van der Waals surface area contributed by atoms with E-state index in [0.29, 0.717) is 12.5 Å². The van der Waals surface area contributed by atoms with E-state index in [0.717, 1.165) is 18.6 Å². The van der Waals surface area contributed by atoms with Crippen molar-refractivity contribution in [3.05, 3.63) is 0 Å². The number of oxime groups is 1. The molecule has 0 aliphatic carbocycles. The van der Waals surface area contributed by atoms with Crippen LogP contribution >= 0.6 is 0 Å². The van der Waals surface area contributed by atoms with Gasteiger partial charge in [0.2, 0.25) is 0 Å². The van der Waals surface area contributed by atoms with Crippen LogP contribution < -0.4 is 5.73 Å². The Kier molecular flexibility index (Phi) is 2.88. The standard InChI is InChI=1S/C8H16N2O/c1-3-6(2)8(9)7-4-5-11-10-7/h6,8H,3-5,9H2,1-2H3. The molecule has 0 aromatic carbocycles. The largest absolute Gasteiger partial charge is 0.395 e. The zero-order valence-electron chi connectivity index (χ0n) is 7.21. The van der Waals surface area contributed by atoms with E-state index in [4.69, 9.17) is 10.6 Å². The van der Waals surface area contributed by atoms with Crippen LogP contribution in [0.5, 0.6) is 0 Å². The van der Waals surface area contributed by atoms with Crippen molar-refractivity contribution < 1.29 is 4.84 Å². The summed E-state index contributed by atoms with van der Waals surface area (Å²) in [4.78, 5) is 4.88. The van der Waals surface area contributed by atoms with Gasteiger partial charge in [-0.15, -0.1) is 0 Å². The molecule has 1 rings (SSSR count). The molecule has 3 heteroatoms. The van der Waals surface area contributed by atoms with Gasteiger partial charge in [-0.25, -0.2) is 0 Å². The minimum atomic E-state index is 0.0995. The molecule has 0 radical (unpaired) electrons. The zero-order chi connectivity index (χ0) is 8.27. The number of rotatable bonds is 3. The van der Waals surface area contributed by atoms with Crippen LogP contribution in [0.4, 0.5) is 0 Å². The Morgan fingerprint density at radius 1 is 1.73 bits per heavy atom. The topological polar surface area (TPSA) is 47.6 Å². The SMILES string of the molecule is CCC(C)C(N)C1=NOCC1. The van der Waals surface area contributed by atoms with Crippen LogP contribution in [0, 0.1) is 5.92 Å². The molecular formula is C8H16N2O. The second-order valence-corrected chi connectivity index (χ2v) is 3.08. The smallest absolute Gasteiger partial charge is 0.122 e. The highest BCUT2D eigenvalue weighted by atomic mass is 16.6. The Morgan fingerprint density at radius 3 is 2.91 bits per heavy atom. The Bertz CT molecular complexity index is 156. The molecule has 2 atom stereocenters. The third-order valence-corrected chi connectivity index (χ3v) is 2.27.